The highest BCUT2D eigenvalue weighted by molar-refractivity contribution is 7.99. The van der Waals surface area contributed by atoms with Gasteiger partial charge in [-0.1, -0.05) is 48.2 Å². The zero-order valence-electron chi connectivity index (χ0n) is 13.9. The summed E-state index contributed by atoms with van der Waals surface area (Å²) in [5.41, 5.74) is 1.15. The van der Waals surface area contributed by atoms with E-state index in [1.807, 2.05) is 30.3 Å². The summed E-state index contributed by atoms with van der Waals surface area (Å²) in [7, 11) is 0. The highest BCUT2D eigenvalue weighted by atomic mass is 32.2. The topological polar surface area (TPSA) is 59.8 Å². The molecule has 5 nitrogen and oxygen atoms in total. The maximum atomic E-state index is 14.3. The molecule has 0 saturated carbocycles. The molecule has 0 aliphatic heterocycles. The first-order valence-electron chi connectivity index (χ1n) is 7.97. The molecule has 7 heteroatoms. The molecule has 1 N–H and O–H groups in total. The minimum absolute atomic E-state index is 0.134. The first-order chi connectivity index (χ1) is 12.7. The molecule has 0 unspecified atom stereocenters. The first kappa shape index (κ1) is 17.9. The fourth-order valence-electron chi connectivity index (χ4n) is 2.36. The van der Waals surface area contributed by atoms with Gasteiger partial charge in [0.25, 0.3) is 0 Å². The van der Waals surface area contributed by atoms with E-state index in [-0.39, 0.29) is 17.5 Å². The fraction of sp³-hybridized carbons (Fsp3) is 0.105. The molecule has 3 aromatic rings. The number of carbonyl (C=O) groups is 1. The summed E-state index contributed by atoms with van der Waals surface area (Å²) in [6, 6.07) is 15.8. The van der Waals surface area contributed by atoms with E-state index < -0.39 is 0 Å². The molecule has 0 aliphatic rings. The van der Waals surface area contributed by atoms with E-state index in [0.29, 0.717) is 23.1 Å². The second-order valence-electron chi connectivity index (χ2n) is 5.34. The molecule has 2 aromatic carbocycles. The second-order valence-corrected chi connectivity index (χ2v) is 6.28. The van der Waals surface area contributed by atoms with Crippen LogP contribution >= 0.6 is 11.8 Å². The van der Waals surface area contributed by atoms with Gasteiger partial charge in [0.15, 0.2) is 11.0 Å². The Balaban J connectivity index is 1.97. The summed E-state index contributed by atoms with van der Waals surface area (Å²) >= 11 is 1.24. The number of amides is 1. The fourth-order valence-corrected chi connectivity index (χ4v) is 3.14. The quantitative estimate of drug-likeness (QED) is 0.512. The molecule has 132 valence electrons. The molecular weight excluding hydrogens is 351 g/mol. The van der Waals surface area contributed by atoms with Crippen molar-refractivity contribution < 1.29 is 9.18 Å². The number of hydrogen-bond acceptors (Lipinski definition) is 4. The molecule has 0 bridgehead atoms. The van der Waals surface area contributed by atoms with E-state index in [9.17, 15) is 9.18 Å². The van der Waals surface area contributed by atoms with E-state index in [1.54, 1.807) is 28.8 Å². The Kier molecular flexibility index (Phi) is 5.80. The van der Waals surface area contributed by atoms with Gasteiger partial charge < -0.3 is 5.32 Å². The van der Waals surface area contributed by atoms with Gasteiger partial charge in [-0.15, -0.1) is 16.8 Å². The normalized spacial score (nSPS) is 10.5. The number of rotatable bonds is 7. The van der Waals surface area contributed by atoms with Crippen LogP contribution in [0.3, 0.4) is 0 Å². The standard InChI is InChI=1S/C19H17FN4OS/c1-2-12-21-17(25)13-26-19-23-22-18(15-10-6-7-11-16(15)20)24(19)14-8-4-3-5-9-14/h2-11H,1,12-13H2,(H,21,25). The number of carbonyl (C=O) groups excluding carboxylic acids is 1. The van der Waals surface area contributed by atoms with Gasteiger partial charge >= 0.3 is 0 Å². The maximum absolute atomic E-state index is 14.3. The molecule has 1 heterocycles. The molecule has 26 heavy (non-hydrogen) atoms. The first-order valence-corrected chi connectivity index (χ1v) is 8.95. The van der Waals surface area contributed by atoms with E-state index in [0.717, 1.165) is 5.69 Å². The van der Waals surface area contributed by atoms with Crippen LogP contribution in [-0.4, -0.2) is 33.0 Å². The lowest BCUT2D eigenvalue weighted by Crippen LogP contribution is -2.25. The molecule has 0 radical (unpaired) electrons. The number of nitrogens with one attached hydrogen (secondary N) is 1. The Morgan fingerprint density at radius 3 is 2.62 bits per heavy atom. The number of thioether (sulfide) groups is 1. The third-order valence-corrected chi connectivity index (χ3v) is 4.47. The summed E-state index contributed by atoms with van der Waals surface area (Å²) < 4.78 is 16.0. The smallest absolute Gasteiger partial charge is 0.230 e. The molecule has 0 fully saturated rings. The Hall–Kier alpha value is -2.93. The van der Waals surface area contributed by atoms with Crippen molar-refractivity contribution in [2.75, 3.05) is 12.3 Å². The number of benzene rings is 2. The van der Waals surface area contributed by atoms with Gasteiger partial charge in [-0.05, 0) is 24.3 Å². The van der Waals surface area contributed by atoms with Crippen LogP contribution in [0.1, 0.15) is 0 Å². The monoisotopic (exact) mass is 368 g/mol. The molecule has 3 rings (SSSR count). The SMILES string of the molecule is C=CCNC(=O)CSc1nnc(-c2ccccc2F)n1-c1ccccc1. The number of hydrogen-bond donors (Lipinski definition) is 1. The predicted molar refractivity (Wildman–Crippen MR) is 101 cm³/mol. The molecular formula is C19H17FN4OS. The van der Waals surface area contributed by atoms with Crippen molar-refractivity contribution in [1.82, 2.24) is 20.1 Å². The van der Waals surface area contributed by atoms with Crippen molar-refractivity contribution in [1.29, 1.82) is 0 Å². The van der Waals surface area contributed by atoms with Gasteiger partial charge in [-0.2, -0.15) is 0 Å². The Bertz CT molecular complexity index is 911. The lowest BCUT2D eigenvalue weighted by molar-refractivity contribution is -0.118. The molecule has 0 saturated heterocycles. The van der Waals surface area contributed by atoms with Gasteiger partial charge in [0.2, 0.25) is 5.91 Å². The summed E-state index contributed by atoms with van der Waals surface area (Å²) in [4.78, 5) is 11.9. The third kappa shape index (κ3) is 4.00. The molecule has 0 spiro atoms. The second kappa shape index (κ2) is 8.44. The number of nitrogens with zero attached hydrogens (tertiary/aromatic N) is 3. The van der Waals surface area contributed by atoms with Crippen LogP contribution in [0.5, 0.6) is 0 Å². The highest BCUT2D eigenvalue weighted by Crippen LogP contribution is 2.29. The largest absolute Gasteiger partial charge is 0.352 e. The minimum Gasteiger partial charge on any atom is -0.352 e. The maximum Gasteiger partial charge on any atom is 0.230 e. The third-order valence-electron chi connectivity index (χ3n) is 3.54. The minimum atomic E-state index is -0.377. The lowest BCUT2D eigenvalue weighted by Gasteiger charge is -2.10. The zero-order valence-corrected chi connectivity index (χ0v) is 14.7. The van der Waals surface area contributed by atoms with Crippen LogP contribution in [0.25, 0.3) is 17.1 Å². The zero-order chi connectivity index (χ0) is 18.4. The average Bonchev–Trinajstić information content (AvgIpc) is 3.09. The molecule has 1 aromatic heterocycles. The summed E-state index contributed by atoms with van der Waals surface area (Å²) in [6.45, 7) is 3.97. The Morgan fingerprint density at radius 2 is 1.88 bits per heavy atom. The van der Waals surface area contributed by atoms with Crippen molar-refractivity contribution in [3.63, 3.8) is 0 Å². The van der Waals surface area contributed by atoms with Gasteiger partial charge in [-0.25, -0.2) is 4.39 Å². The van der Waals surface area contributed by atoms with Crippen LogP contribution in [0.2, 0.25) is 0 Å². The van der Waals surface area contributed by atoms with Gasteiger partial charge in [-0.3, -0.25) is 9.36 Å². The molecule has 1 amide bonds. The van der Waals surface area contributed by atoms with E-state index in [2.05, 4.69) is 22.1 Å². The van der Waals surface area contributed by atoms with Crippen LogP contribution < -0.4 is 5.32 Å². The summed E-state index contributed by atoms with van der Waals surface area (Å²) in [5, 5.41) is 11.6. The highest BCUT2D eigenvalue weighted by Gasteiger charge is 2.19. The Morgan fingerprint density at radius 1 is 1.15 bits per heavy atom. The van der Waals surface area contributed by atoms with Crippen molar-refractivity contribution in [3.8, 4) is 17.1 Å². The van der Waals surface area contributed by atoms with Crippen LogP contribution in [0, 0.1) is 5.82 Å². The van der Waals surface area contributed by atoms with Crippen LogP contribution in [0.15, 0.2) is 72.4 Å². The summed E-state index contributed by atoms with van der Waals surface area (Å²) in [6.07, 6.45) is 1.62. The average molecular weight is 368 g/mol. The molecule has 0 aliphatic carbocycles. The van der Waals surface area contributed by atoms with Crippen molar-refractivity contribution >= 4 is 17.7 Å². The van der Waals surface area contributed by atoms with Crippen molar-refractivity contribution in [3.05, 3.63) is 73.1 Å². The van der Waals surface area contributed by atoms with E-state index in [4.69, 9.17) is 0 Å². The van der Waals surface area contributed by atoms with Gasteiger partial charge in [0.05, 0.1) is 11.3 Å². The predicted octanol–water partition coefficient (Wildman–Crippen LogP) is 3.47. The van der Waals surface area contributed by atoms with E-state index >= 15 is 0 Å². The van der Waals surface area contributed by atoms with Gasteiger partial charge in [0, 0.05) is 12.2 Å². The number of aromatic nitrogens is 3. The Labute approximate surface area is 155 Å². The molecule has 0 atom stereocenters. The van der Waals surface area contributed by atoms with Crippen molar-refractivity contribution in [2.45, 2.75) is 5.16 Å². The summed E-state index contributed by atoms with van der Waals surface area (Å²) in [5.74, 6) is 0.0569. The van der Waals surface area contributed by atoms with Crippen LogP contribution in [-0.2, 0) is 4.79 Å². The number of halogens is 1. The van der Waals surface area contributed by atoms with Crippen LogP contribution in [0.4, 0.5) is 4.39 Å². The lowest BCUT2D eigenvalue weighted by atomic mass is 10.2. The van der Waals surface area contributed by atoms with Crippen molar-refractivity contribution in [2.24, 2.45) is 0 Å². The number of para-hydroxylation sites is 1. The van der Waals surface area contributed by atoms with Gasteiger partial charge in [0.1, 0.15) is 5.82 Å². The van der Waals surface area contributed by atoms with E-state index in [1.165, 1.54) is 17.8 Å².